The molecule has 0 nitrogen and oxygen atoms in total. The predicted molar refractivity (Wildman–Crippen MR) is 184 cm³/mol. The lowest BCUT2D eigenvalue weighted by atomic mass is 9.39. The van der Waals surface area contributed by atoms with E-state index in [-0.39, 0.29) is 14.9 Å². The molecule has 0 aromatic carbocycles. The van der Waals surface area contributed by atoms with Crippen LogP contribution in [0.3, 0.4) is 0 Å². The molecular formula is C42H76. The van der Waals surface area contributed by atoms with Crippen LogP contribution in [0.5, 0.6) is 0 Å². The van der Waals surface area contributed by atoms with Gasteiger partial charge in [-0.3, -0.25) is 0 Å². The Morgan fingerprint density at radius 3 is 1.52 bits per heavy atom. The van der Waals surface area contributed by atoms with Crippen molar-refractivity contribution < 1.29 is 0 Å². The number of hydrogen-bond acceptors (Lipinski definition) is 0. The molecule has 13 atom stereocenters. The lowest BCUT2D eigenvalue weighted by Gasteiger charge is -2.65. The van der Waals surface area contributed by atoms with Crippen LogP contribution >= 0.6 is 0 Å². The topological polar surface area (TPSA) is 0 Å². The second-order valence-corrected chi connectivity index (χ2v) is 20.6. The number of fused-ring (bicyclic) bond motifs is 8. The monoisotopic (exact) mass is 581 g/mol. The summed E-state index contributed by atoms with van der Waals surface area (Å²) in [5.74, 6) is 12.5. The number of rotatable bonds is 4. The Bertz CT molecular complexity index is 978. The first kappa shape index (κ1) is 33.4. The Morgan fingerprint density at radius 1 is 0.524 bits per heavy atom. The van der Waals surface area contributed by atoms with E-state index in [4.69, 9.17) is 0 Å². The van der Waals surface area contributed by atoms with E-state index in [1.54, 1.807) is 57.8 Å². The maximum atomic E-state index is 2.66. The third-order valence-electron chi connectivity index (χ3n) is 18.2. The van der Waals surface area contributed by atoms with Gasteiger partial charge in [-0.1, -0.05) is 84.1 Å². The van der Waals surface area contributed by atoms with Gasteiger partial charge in [0.05, 0.1) is 0 Å². The van der Waals surface area contributed by atoms with E-state index in [9.17, 15) is 0 Å². The van der Waals surface area contributed by atoms with Gasteiger partial charge in [0.25, 0.3) is 0 Å². The fourth-order valence-corrected chi connectivity index (χ4v) is 14.9. The molecule has 10 aliphatic carbocycles. The van der Waals surface area contributed by atoms with Gasteiger partial charge >= 0.3 is 0 Å². The fraction of sp³-hybridized carbons (Fsp3) is 1.00. The summed E-state index contributed by atoms with van der Waals surface area (Å²) in [6, 6.07) is 0. The standard InChI is InChI=1S/2C20H34.2CH4/c1-12-14(9-16-11-17(12)20(16,4)5)10-18-13-6-7-15(8-13)19(18,2)3;1-18(2)14-7-6-13(10-14)16(18)12-20(5)9-8-15-11-17(20)19(15,3)4;;/h12-18H,6-11H2,1-5H3;13-17H,6-12H2,1-5H3;2*1H4. The summed E-state index contributed by atoms with van der Waals surface area (Å²) in [4.78, 5) is 0. The Morgan fingerprint density at radius 2 is 1.07 bits per heavy atom. The highest BCUT2D eigenvalue weighted by atomic mass is 14.7. The van der Waals surface area contributed by atoms with E-state index in [0.29, 0.717) is 27.1 Å². The fourth-order valence-electron chi connectivity index (χ4n) is 14.9. The highest BCUT2D eigenvalue weighted by Crippen LogP contribution is 2.71. The van der Waals surface area contributed by atoms with E-state index < -0.39 is 0 Å². The summed E-state index contributed by atoms with van der Waals surface area (Å²) in [6.45, 7) is 25.9. The van der Waals surface area contributed by atoms with E-state index in [2.05, 4.69) is 69.2 Å². The third kappa shape index (κ3) is 4.60. The minimum atomic E-state index is 0. The first-order chi connectivity index (χ1) is 18.6. The molecule has 42 heavy (non-hydrogen) atoms. The second kappa shape index (κ2) is 10.5. The maximum absolute atomic E-state index is 2.66. The zero-order chi connectivity index (χ0) is 28.6. The number of hydrogen-bond donors (Lipinski definition) is 0. The summed E-state index contributed by atoms with van der Waals surface area (Å²) in [5, 5.41) is 0. The summed E-state index contributed by atoms with van der Waals surface area (Å²) >= 11 is 0. The summed E-state index contributed by atoms with van der Waals surface area (Å²) < 4.78 is 0. The SMILES string of the molecule is C.C.CC1(CC2C3CCC(C3)C2(C)C)CCC2CC1C2(C)C.CC1C(CC2C3CCC(C3)C2(C)C)CC2CC1C2(C)C. The molecule has 0 amide bonds. The van der Waals surface area contributed by atoms with E-state index in [1.807, 2.05) is 0 Å². The van der Waals surface area contributed by atoms with Crippen LogP contribution in [0.2, 0.25) is 0 Å². The van der Waals surface area contributed by atoms with Crippen LogP contribution < -0.4 is 0 Å². The molecule has 13 unspecified atom stereocenters. The van der Waals surface area contributed by atoms with Gasteiger partial charge in [-0.25, -0.2) is 0 Å². The first-order valence-electron chi connectivity index (χ1n) is 18.6. The summed E-state index contributed by atoms with van der Waals surface area (Å²) in [7, 11) is 0. The summed E-state index contributed by atoms with van der Waals surface area (Å²) in [5.41, 5.74) is 3.26. The van der Waals surface area contributed by atoms with Crippen molar-refractivity contribution in [3.8, 4) is 0 Å². The van der Waals surface area contributed by atoms with Gasteiger partial charge in [-0.15, -0.1) is 0 Å². The molecule has 10 rings (SSSR count). The zero-order valence-corrected chi connectivity index (χ0v) is 28.6. The molecule has 8 bridgehead atoms. The Kier molecular flexibility index (Phi) is 8.35. The minimum absolute atomic E-state index is 0. The molecular weight excluding hydrogens is 504 g/mol. The van der Waals surface area contributed by atoms with Crippen LogP contribution in [0.15, 0.2) is 0 Å². The normalized spacial score (nSPS) is 52.1. The van der Waals surface area contributed by atoms with Gasteiger partial charge in [-0.2, -0.15) is 0 Å². The van der Waals surface area contributed by atoms with Crippen LogP contribution in [0.25, 0.3) is 0 Å². The molecule has 244 valence electrons. The van der Waals surface area contributed by atoms with Crippen molar-refractivity contribution in [1.82, 2.24) is 0 Å². The van der Waals surface area contributed by atoms with Gasteiger partial charge in [0.15, 0.2) is 0 Å². The molecule has 0 heterocycles. The molecule has 0 radical (unpaired) electrons. The molecule has 10 saturated carbocycles. The van der Waals surface area contributed by atoms with Crippen LogP contribution in [0, 0.1) is 98.1 Å². The van der Waals surface area contributed by atoms with Gasteiger partial charge in [0.1, 0.15) is 0 Å². The second-order valence-electron chi connectivity index (χ2n) is 20.6. The summed E-state index contributed by atoms with van der Waals surface area (Å²) in [6.07, 6.45) is 20.1. The smallest absolute Gasteiger partial charge is 0.0289 e. The van der Waals surface area contributed by atoms with Crippen molar-refractivity contribution in [2.45, 2.75) is 168 Å². The van der Waals surface area contributed by atoms with Gasteiger partial charge in [0.2, 0.25) is 0 Å². The van der Waals surface area contributed by atoms with Crippen molar-refractivity contribution in [3.05, 3.63) is 0 Å². The van der Waals surface area contributed by atoms with Crippen LogP contribution in [-0.2, 0) is 0 Å². The zero-order valence-electron chi connectivity index (χ0n) is 28.6. The lowest BCUT2D eigenvalue weighted by Crippen LogP contribution is -2.57. The van der Waals surface area contributed by atoms with Crippen molar-refractivity contribution in [3.63, 3.8) is 0 Å². The highest BCUT2D eigenvalue weighted by molar-refractivity contribution is 5.12. The van der Waals surface area contributed by atoms with Crippen molar-refractivity contribution in [2.75, 3.05) is 0 Å². The Balaban J connectivity index is 0.000000160. The Labute approximate surface area is 265 Å². The van der Waals surface area contributed by atoms with Crippen LogP contribution in [0.4, 0.5) is 0 Å². The van der Waals surface area contributed by atoms with Crippen molar-refractivity contribution >= 4 is 0 Å². The van der Waals surface area contributed by atoms with Crippen LogP contribution in [0.1, 0.15) is 168 Å². The largest absolute Gasteiger partial charge is 0.0776 e. The maximum Gasteiger partial charge on any atom is -0.0289 e. The van der Waals surface area contributed by atoms with E-state index >= 15 is 0 Å². The van der Waals surface area contributed by atoms with Crippen molar-refractivity contribution in [1.29, 1.82) is 0 Å². The molecule has 0 aromatic rings. The molecule has 0 saturated heterocycles. The highest BCUT2D eigenvalue weighted by Gasteiger charge is 2.62. The molecule has 10 fully saturated rings. The quantitative estimate of drug-likeness (QED) is 0.310. The minimum Gasteiger partial charge on any atom is -0.0776 e. The molecule has 0 aliphatic heterocycles. The molecule has 10 aliphatic rings. The lowest BCUT2D eigenvalue weighted by molar-refractivity contribution is -0.163. The van der Waals surface area contributed by atoms with Gasteiger partial charge < -0.3 is 0 Å². The van der Waals surface area contributed by atoms with Gasteiger partial charge in [0, 0.05) is 0 Å². The predicted octanol–water partition coefficient (Wildman–Crippen LogP) is 13.0. The van der Waals surface area contributed by atoms with Crippen molar-refractivity contribution in [2.24, 2.45) is 98.1 Å². The molecule has 0 N–H and O–H groups in total. The average Bonchev–Trinajstić information content (AvgIpc) is 3.64. The molecule has 0 heteroatoms. The first-order valence-corrected chi connectivity index (χ1v) is 18.6. The van der Waals surface area contributed by atoms with E-state index in [1.165, 1.54) is 25.7 Å². The molecule has 0 spiro atoms. The van der Waals surface area contributed by atoms with Crippen LogP contribution in [-0.4, -0.2) is 0 Å². The average molecular weight is 581 g/mol. The van der Waals surface area contributed by atoms with E-state index in [0.717, 1.165) is 71.0 Å². The van der Waals surface area contributed by atoms with Gasteiger partial charge in [-0.05, 0) is 182 Å². The Hall–Kier alpha value is 0. The molecule has 0 aromatic heterocycles. The third-order valence-corrected chi connectivity index (χ3v) is 18.2.